The molecule has 0 amide bonds. The van der Waals surface area contributed by atoms with Crippen LogP contribution in [0, 0.1) is 0 Å². The number of aromatic carboxylic acids is 1. The summed E-state index contributed by atoms with van der Waals surface area (Å²) in [6.45, 7) is 6.34. The van der Waals surface area contributed by atoms with E-state index in [1.54, 1.807) is 12.1 Å². The average Bonchev–Trinajstić information content (AvgIpc) is 2.38. The number of hydrogen-bond donors (Lipinski definition) is 2. The Labute approximate surface area is 115 Å². The predicted octanol–water partition coefficient (Wildman–Crippen LogP) is 3.72. The van der Waals surface area contributed by atoms with Crippen molar-refractivity contribution < 1.29 is 9.90 Å². The first kappa shape index (κ1) is 15.5. The molecule has 1 heterocycles. The first-order valence-corrected chi connectivity index (χ1v) is 7.11. The third-order valence-corrected chi connectivity index (χ3v) is 3.11. The number of hydrogen-bond acceptors (Lipinski definition) is 3. The minimum absolute atomic E-state index is 0.312. The van der Waals surface area contributed by atoms with Gasteiger partial charge in [0.25, 0.3) is 0 Å². The number of carboxylic acids is 1. The van der Waals surface area contributed by atoms with Crippen LogP contribution in [0.2, 0.25) is 0 Å². The van der Waals surface area contributed by atoms with Gasteiger partial charge < -0.3 is 10.4 Å². The molecule has 19 heavy (non-hydrogen) atoms. The summed E-state index contributed by atoms with van der Waals surface area (Å²) >= 11 is 0. The van der Waals surface area contributed by atoms with Crippen molar-refractivity contribution in [2.75, 3.05) is 5.32 Å². The van der Waals surface area contributed by atoms with Gasteiger partial charge in [0.2, 0.25) is 0 Å². The van der Waals surface area contributed by atoms with Crippen LogP contribution in [0.3, 0.4) is 0 Å². The standard InChI is InChI=1S/C15H24N2O2/c1-4-7-12(6-3)16-14-10-11(15(18)19)9-13(17-14)8-5-2/h9-10,12H,4-8H2,1-3H3,(H,16,17)(H,18,19). The Hall–Kier alpha value is -1.58. The van der Waals surface area contributed by atoms with E-state index >= 15 is 0 Å². The van der Waals surface area contributed by atoms with Crippen molar-refractivity contribution in [2.45, 2.75) is 58.9 Å². The van der Waals surface area contributed by atoms with Crippen molar-refractivity contribution in [3.8, 4) is 0 Å². The molecule has 0 aromatic carbocycles. The molecule has 0 aliphatic heterocycles. The minimum atomic E-state index is -0.897. The number of aryl methyl sites for hydroxylation is 1. The van der Waals surface area contributed by atoms with E-state index in [9.17, 15) is 4.79 Å². The van der Waals surface area contributed by atoms with E-state index in [1.807, 2.05) is 0 Å². The van der Waals surface area contributed by atoms with Crippen molar-refractivity contribution in [1.29, 1.82) is 0 Å². The molecule has 1 atom stereocenters. The number of pyridine rings is 1. The zero-order valence-electron chi connectivity index (χ0n) is 12.1. The summed E-state index contributed by atoms with van der Waals surface area (Å²) in [7, 11) is 0. The van der Waals surface area contributed by atoms with Crippen LogP contribution in [0.15, 0.2) is 12.1 Å². The Morgan fingerprint density at radius 2 is 2.05 bits per heavy atom. The van der Waals surface area contributed by atoms with Gasteiger partial charge in [-0.25, -0.2) is 9.78 Å². The molecular weight excluding hydrogens is 240 g/mol. The normalized spacial score (nSPS) is 12.2. The molecule has 0 bridgehead atoms. The lowest BCUT2D eigenvalue weighted by molar-refractivity contribution is 0.0696. The van der Waals surface area contributed by atoms with Crippen LogP contribution in [0.1, 0.15) is 62.5 Å². The second-order valence-electron chi connectivity index (χ2n) is 4.83. The van der Waals surface area contributed by atoms with Crippen LogP contribution in [0.4, 0.5) is 5.82 Å². The van der Waals surface area contributed by atoms with Gasteiger partial charge in [-0.3, -0.25) is 0 Å². The molecule has 0 aliphatic carbocycles. The summed E-state index contributed by atoms with van der Waals surface area (Å²) in [5.74, 6) is -0.213. The van der Waals surface area contributed by atoms with Crippen molar-refractivity contribution in [3.05, 3.63) is 23.4 Å². The number of anilines is 1. The summed E-state index contributed by atoms with van der Waals surface area (Å²) in [6.07, 6.45) is 4.95. The first-order valence-electron chi connectivity index (χ1n) is 7.11. The molecule has 4 nitrogen and oxygen atoms in total. The van der Waals surface area contributed by atoms with Gasteiger partial charge in [0.05, 0.1) is 5.56 Å². The van der Waals surface area contributed by atoms with Gasteiger partial charge in [0, 0.05) is 11.7 Å². The SMILES string of the molecule is CCCc1cc(C(=O)O)cc(NC(CC)CCC)n1. The third kappa shape index (κ3) is 4.89. The second kappa shape index (κ2) is 7.77. The number of carboxylic acid groups (broad SMARTS) is 1. The molecule has 0 radical (unpaired) electrons. The maximum atomic E-state index is 11.1. The molecule has 1 aromatic heterocycles. The summed E-state index contributed by atoms with van der Waals surface area (Å²) in [4.78, 5) is 15.6. The number of nitrogens with one attached hydrogen (secondary N) is 1. The Balaban J connectivity index is 2.94. The predicted molar refractivity (Wildman–Crippen MR) is 77.8 cm³/mol. The molecule has 1 unspecified atom stereocenters. The monoisotopic (exact) mass is 264 g/mol. The summed E-state index contributed by atoms with van der Waals surface area (Å²) in [5.41, 5.74) is 1.16. The van der Waals surface area contributed by atoms with E-state index in [0.717, 1.165) is 37.8 Å². The van der Waals surface area contributed by atoms with Crippen LogP contribution < -0.4 is 5.32 Å². The molecule has 4 heteroatoms. The van der Waals surface area contributed by atoms with E-state index in [2.05, 4.69) is 31.1 Å². The van der Waals surface area contributed by atoms with Crippen LogP contribution in [-0.2, 0) is 6.42 Å². The summed E-state index contributed by atoms with van der Waals surface area (Å²) in [6, 6.07) is 3.65. The van der Waals surface area contributed by atoms with E-state index < -0.39 is 5.97 Å². The van der Waals surface area contributed by atoms with E-state index in [0.29, 0.717) is 17.4 Å². The lowest BCUT2D eigenvalue weighted by Gasteiger charge is -2.17. The van der Waals surface area contributed by atoms with E-state index in [-0.39, 0.29) is 0 Å². The maximum Gasteiger partial charge on any atom is 0.335 e. The van der Waals surface area contributed by atoms with Crippen LogP contribution in [0.25, 0.3) is 0 Å². The van der Waals surface area contributed by atoms with Crippen LogP contribution in [-0.4, -0.2) is 22.1 Å². The zero-order valence-corrected chi connectivity index (χ0v) is 12.1. The van der Waals surface area contributed by atoms with Gasteiger partial charge in [0.15, 0.2) is 0 Å². The number of carbonyl (C=O) groups is 1. The molecule has 0 fully saturated rings. The molecule has 1 aromatic rings. The average molecular weight is 264 g/mol. The quantitative estimate of drug-likeness (QED) is 0.751. The first-order chi connectivity index (χ1) is 9.10. The minimum Gasteiger partial charge on any atom is -0.478 e. The lowest BCUT2D eigenvalue weighted by atomic mass is 10.1. The number of aromatic nitrogens is 1. The fourth-order valence-electron chi connectivity index (χ4n) is 2.11. The van der Waals surface area contributed by atoms with Crippen LogP contribution in [0.5, 0.6) is 0 Å². The van der Waals surface area contributed by atoms with Crippen molar-refractivity contribution in [1.82, 2.24) is 4.98 Å². The van der Waals surface area contributed by atoms with Crippen LogP contribution >= 0.6 is 0 Å². The highest BCUT2D eigenvalue weighted by molar-refractivity contribution is 5.88. The van der Waals surface area contributed by atoms with Crippen molar-refractivity contribution in [3.63, 3.8) is 0 Å². The van der Waals surface area contributed by atoms with Crippen molar-refractivity contribution >= 4 is 11.8 Å². The van der Waals surface area contributed by atoms with Crippen molar-refractivity contribution in [2.24, 2.45) is 0 Å². The fourth-order valence-corrected chi connectivity index (χ4v) is 2.11. The fraction of sp³-hybridized carbons (Fsp3) is 0.600. The summed E-state index contributed by atoms with van der Waals surface area (Å²) < 4.78 is 0. The molecular formula is C15H24N2O2. The summed E-state index contributed by atoms with van der Waals surface area (Å²) in [5, 5.41) is 12.5. The van der Waals surface area contributed by atoms with Gasteiger partial charge in [-0.15, -0.1) is 0 Å². The number of nitrogens with zero attached hydrogens (tertiary/aromatic N) is 1. The number of rotatable bonds is 8. The lowest BCUT2D eigenvalue weighted by Crippen LogP contribution is -2.19. The molecule has 2 N–H and O–H groups in total. The molecule has 0 saturated carbocycles. The van der Waals surface area contributed by atoms with Gasteiger partial charge in [-0.2, -0.15) is 0 Å². The molecule has 0 aliphatic rings. The van der Waals surface area contributed by atoms with Gasteiger partial charge in [-0.05, 0) is 31.4 Å². The van der Waals surface area contributed by atoms with Gasteiger partial charge >= 0.3 is 5.97 Å². The molecule has 0 spiro atoms. The van der Waals surface area contributed by atoms with E-state index in [1.165, 1.54) is 0 Å². The Kier molecular flexibility index (Phi) is 6.33. The second-order valence-corrected chi connectivity index (χ2v) is 4.83. The smallest absolute Gasteiger partial charge is 0.335 e. The molecule has 1 rings (SSSR count). The zero-order chi connectivity index (χ0) is 14.3. The highest BCUT2D eigenvalue weighted by Crippen LogP contribution is 2.15. The maximum absolute atomic E-state index is 11.1. The topological polar surface area (TPSA) is 62.2 Å². The van der Waals surface area contributed by atoms with Gasteiger partial charge in [-0.1, -0.05) is 33.6 Å². The Morgan fingerprint density at radius 3 is 2.58 bits per heavy atom. The van der Waals surface area contributed by atoms with Gasteiger partial charge in [0.1, 0.15) is 5.82 Å². The highest BCUT2D eigenvalue weighted by atomic mass is 16.4. The van der Waals surface area contributed by atoms with E-state index in [4.69, 9.17) is 5.11 Å². The largest absolute Gasteiger partial charge is 0.478 e. The Bertz CT molecular complexity index is 419. The Morgan fingerprint density at radius 1 is 1.32 bits per heavy atom. The highest BCUT2D eigenvalue weighted by Gasteiger charge is 2.11. The third-order valence-electron chi connectivity index (χ3n) is 3.11. The molecule has 106 valence electrons. The molecule has 0 saturated heterocycles.